The first-order valence-corrected chi connectivity index (χ1v) is 11.5. The number of hydrazone groups is 1. The molecule has 0 aromatic heterocycles. The molecule has 0 fully saturated rings. The Hall–Kier alpha value is -3.03. The van der Waals surface area contributed by atoms with Crippen molar-refractivity contribution >= 4 is 27.8 Å². The van der Waals surface area contributed by atoms with Crippen LogP contribution in [0.4, 0.5) is 0 Å². The van der Waals surface area contributed by atoms with Crippen molar-refractivity contribution in [3.8, 4) is 11.5 Å². The Balaban J connectivity index is 1.69. The highest BCUT2D eigenvalue weighted by Gasteiger charge is 2.12. The van der Waals surface area contributed by atoms with Gasteiger partial charge in [-0.1, -0.05) is 41.4 Å². The zero-order valence-corrected chi connectivity index (χ0v) is 18.8. The van der Waals surface area contributed by atoms with Gasteiger partial charge in [-0.15, -0.1) is 0 Å². The van der Waals surface area contributed by atoms with Crippen LogP contribution in [0.15, 0.2) is 76.7 Å². The van der Waals surface area contributed by atoms with Crippen molar-refractivity contribution in [2.45, 2.75) is 25.3 Å². The van der Waals surface area contributed by atoms with E-state index in [1.54, 1.807) is 18.2 Å². The molecule has 0 saturated heterocycles. The van der Waals surface area contributed by atoms with E-state index < -0.39 is 10.0 Å². The van der Waals surface area contributed by atoms with E-state index in [0.717, 1.165) is 5.56 Å². The first-order chi connectivity index (χ1) is 14.9. The lowest BCUT2D eigenvalue weighted by atomic mass is 10.2. The van der Waals surface area contributed by atoms with Gasteiger partial charge in [0.15, 0.2) is 11.5 Å². The zero-order valence-electron chi connectivity index (χ0n) is 17.2. The van der Waals surface area contributed by atoms with E-state index in [-0.39, 0.29) is 4.90 Å². The van der Waals surface area contributed by atoms with Crippen LogP contribution in [0, 0.1) is 6.92 Å². The van der Waals surface area contributed by atoms with Crippen molar-refractivity contribution in [1.29, 1.82) is 0 Å². The summed E-state index contributed by atoms with van der Waals surface area (Å²) in [6.45, 7) is 4.79. The summed E-state index contributed by atoms with van der Waals surface area (Å²) in [7, 11) is -3.78. The fourth-order valence-electron chi connectivity index (χ4n) is 2.67. The molecule has 162 valence electrons. The number of aryl methyl sites for hydroxylation is 1. The van der Waals surface area contributed by atoms with Crippen molar-refractivity contribution in [2.75, 3.05) is 6.61 Å². The maximum Gasteiger partial charge on any atom is 0.276 e. The van der Waals surface area contributed by atoms with Crippen LogP contribution in [0.3, 0.4) is 0 Å². The van der Waals surface area contributed by atoms with Gasteiger partial charge in [-0.3, -0.25) is 0 Å². The van der Waals surface area contributed by atoms with Crippen LogP contribution >= 0.6 is 11.6 Å². The van der Waals surface area contributed by atoms with Crippen LogP contribution in [0.25, 0.3) is 0 Å². The summed E-state index contributed by atoms with van der Waals surface area (Å²) < 4.78 is 36.2. The Morgan fingerprint density at radius 3 is 2.35 bits per heavy atom. The number of nitrogens with one attached hydrogen (secondary N) is 1. The molecule has 0 aliphatic heterocycles. The molecule has 8 heteroatoms. The number of halogens is 1. The summed E-state index contributed by atoms with van der Waals surface area (Å²) in [4.78, 5) is 2.26. The Kier molecular flexibility index (Phi) is 7.55. The fourth-order valence-corrected chi connectivity index (χ4v) is 3.59. The third-order valence-corrected chi connectivity index (χ3v) is 5.78. The maximum atomic E-state index is 12.3. The lowest BCUT2D eigenvalue weighted by Crippen LogP contribution is -2.18. The molecule has 0 heterocycles. The van der Waals surface area contributed by atoms with Crippen LogP contribution in [0.2, 0.25) is 5.02 Å². The van der Waals surface area contributed by atoms with Crippen molar-refractivity contribution < 1.29 is 17.9 Å². The van der Waals surface area contributed by atoms with Gasteiger partial charge in [0.2, 0.25) is 0 Å². The van der Waals surface area contributed by atoms with E-state index in [0.29, 0.717) is 35.3 Å². The average molecular weight is 459 g/mol. The van der Waals surface area contributed by atoms with Gasteiger partial charge >= 0.3 is 0 Å². The van der Waals surface area contributed by atoms with Gasteiger partial charge < -0.3 is 9.47 Å². The van der Waals surface area contributed by atoms with Gasteiger partial charge in [-0.2, -0.15) is 13.5 Å². The van der Waals surface area contributed by atoms with E-state index in [9.17, 15) is 8.42 Å². The Morgan fingerprint density at radius 2 is 1.68 bits per heavy atom. The normalized spacial score (nSPS) is 11.5. The number of sulfonamides is 1. The molecule has 3 rings (SSSR count). The fraction of sp³-hybridized carbons (Fsp3) is 0.174. The summed E-state index contributed by atoms with van der Waals surface area (Å²) in [6, 6.07) is 19.2. The smallest absolute Gasteiger partial charge is 0.276 e. The molecule has 31 heavy (non-hydrogen) atoms. The van der Waals surface area contributed by atoms with E-state index in [4.69, 9.17) is 21.1 Å². The van der Waals surface area contributed by atoms with Crippen molar-refractivity contribution in [3.05, 3.63) is 88.4 Å². The molecule has 1 N–H and O–H groups in total. The summed E-state index contributed by atoms with van der Waals surface area (Å²) in [5.74, 6) is 1.15. The molecule has 0 amide bonds. The third kappa shape index (κ3) is 6.47. The van der Waals surface area contributed by atoms with Crippen LogP contribution in [0.1, 0.15) is 23.6 Å². The van der Waals surface area contributed by atoms with E-state index in [1.807, 2.05) is 38.1 Å². The van der Waals surface area contributed by atoms with Gasteiger partial charge in [-0.05, 0) is 67.4 Å². The zero-order chi connectivity index (χ0) is 22.3. The molecule has 0 spiro atoms. The largest absolute Gasteiger partial charge is 0.490 e. The lowest BCUT2D eigenvalue weighted by molar-refractivity contribution is 0.269. The Labute approximate surface area is 187 Å². The lowest BCUT2D eigenvalue weighted by Gasteiger charge is -2.13. The van der Waals surface area contributed by atoms with Crippen LogP contribution < -0.4 is 14.3 Å². The van der Waals surface area contributed by atoms with Crippen LogP contribution in [-0.4, -0.2) is 21.2 Å². The number of nitrogens with zero attached hydrogens (tertiary/aromatic N) is 1. The maximum absolute atomic E-state index is 12.3. The minimum atomic E-state index is -3.78. The molecule has 0 saturated carbocycles. The van der Waals surface area contributed by atoms with E-state index >= 15 is 0 Å². The summed E-state index contributed by atoms with van der Waals surface area (Å²) in [5.41, 5.74) is 2.90. The predicted octanol–water partition coefficient (Wildman–Crippen LogP) is 4.94. The predicted molar refractivity (Wildman–Crippen MR) is 122 cm³/mol. The highest BCUT2D eigenvalue weighted by Crippen LogP contribution is 2.29. The van der Waals surface area contributed by atoms with Gasteiger partial charge in [-0.25, -0.2) is 4.83 Å². The summed E-state index contributed by atoms with van der Waals surface area (Å²) in [6.07, 6.45) is 1.40. The monoisotopic (exact) mass is 458 g/mol. The number of benzene rings is 3. The third-order valence-electron chi connectivity index (χ3n) is 4.29. The number of hydrogen-bond donors (Lipinski definition) is 1. The summed E-state index contributed by atoms with van der Waals surface area (Å²) in [5, 5.41) is 4.31. The number of hydrogen-bond acceptors (Lipinski definition) is 5. The molecule has 3 aromatic rings. The molecular formula is C23H23ClN2O4S. The quantitative estimate of drug-likeness (QED) is 0.364. The molecule has 6 nitrogen and oxygen atoms in total. The first kappa shape index (κ1) is 22.7. The second-order valence-electron chi connectivity index (χ2n) is 6.72. The van der Waals surface area contributed by atoms with Gasteiger partial charge in [0, 0.05) is 5.02 Å². The van der Waals surface area contributed by atoms with Crippen LogP contribution in [-0.2, 0) is 16.6 Å². The molecule has 0 aliphatic carbocycles. The Bertz CT molecular complexity index is 1150. The molecule has 0 atom stereocenters. The minimum Gasteiger partial charge on any atom is -0.490 e. The minimum absolute atomic E-state index is 0.0731. The molecule has 0 unspecified atom stereocenters. The highest BCUT2D eigenvalue weighted by molar-refractivity contribution is 7.89. The highest BCUT2D eigenvalue weighted by atomic mass is 35.5. The molecule has 0 aliphatic rings. The number of ether oxygens (including phenoxy) is 2. The standard InChI is InChI=1S/C23H23ClN2O4S/c1-3-29-23-14-19(8-13-22(23)30-16-18-6-4-17(2)5-7-18)15-25-26-31(27,28)21-11-9-20(24)10-12-21/h4-15,26H,3,16H2,1-2H3/b25-15+. The average Bonchev–Trinajstić information content (AvgIpc) is 2.75. The second-order valence-corrected chi connectivity index (χ2v) is 8.82. The number of rotatable bonds is 9. The van der Waals surface area contributed by atoms with Gasteiger partial charge in [0.25, 0.3) is 10.0 Å². The Morgan fingerprint density at radius 1 is 0.968 bits per heavy atom. The van der Waals surface area contributed by atoms with Crippen molar-refractivity contribution in [2.24, 2.45) is 5.10 Å². The van der Waals surface area contributed by atoms with Crippen LogP contribution in [0.5, 0.6) is 11.5 Å². The van der Waals surface area contributed by atoms with E-state index in [2.05, 4.69) is 9.93 Å². The van der Waals surface area contributed by atoms with E-state index in [1.165, 1.54) is 36.0 Å². The van der Waals surface area contributed by atoms with Crippen molar-refractivity contribution in [1.82, 2.24) is 4.83 Å². The summed E-state index contributed by atoms with van der Waals surface area (Å²) >= 11 is 5.80. The molecule has 3 aromatic carbocycles. The van der Waals surface area contributed by atoms with Gasteiger partial charge in [0.1, 0.15) is 6.61 Å². The molecular weight excluding hydrogens is 436 g/mol. The topological polar surface area (TPSA) is 77.0 Å². The molecule has 0 radical (unpaired) electrons. The van der Waals surface area contributed by atoms with Gasteiger partial charge in [0.05, 0.1) is 17.7 Å². The second kappa shape index (κ2) is 10.3. The first-order valence-electron chi connectivity index (χ1n) is 9.63. The van der Waals surface area contributed by atoms with Crippen molar-refractivity contribution in [3.63, 3.8) is 0 Å². The molecule has 0 bridgehead atoms. The SMILES string of the molecule is CCOc1cc(/C=N/NS(=O)(=O)c2ccc(Cl)cc2)ccc1OCc1ccc(C)cc1.